The molecule has 116 valence electrons. The molecule has 1 N–H and O–H groups in total. The highest BCUT2D eigenvalue weighted by molar-refractivity contribution is 5.87. The molecule has 1 aliphatic rings. The van der Waals surface area contributed by atoms with Gasteiger partial charge in [0.1, 0.15) is 18.0 Å². The summed E-state index contributed by atoms with van der Waals surface area (Å²) in [6.07, 6.45) is 0.893. The SMILES string of the molecule is COC1COC1COCCCOc1cccc(C(=O)O)c1. The zero-order valence-electron chi connectivity index (χ0n) is 12.0. The minimum Gasteiger partial charge on any atom is -0.493 e. The van der Waals surface area contributed by atoms with Gasteiger partial charge in [0.05, 0.1) is 25.4 Å². The molecule has 0 radical (unpaired) electrons. The van der Waals surface area contributed by atoms with Crippen molar-refractivity contribution in [3.63, 3.8) is 0 Å². The lowest BCUT2D eigenvalue weighted by atomic mass is 10.1. The van der Waals surface area contributed by atoms with Crippen LogP contribution < -0.4 is 4.74 Å². The number of aromatic carboxylic acids is 1. The minimum absolute atomic E-state index is 0.0307. The van der Waals surface area contributed by atoms with E-state index in [0.29, 0.717) is 32.2 Å². The molecule has 1 fully saturated rings. The third-order valence-electron chi connectivity index (χ3n) is 3.26. The monoisotopic (exact) mass is 296 g/mol. The van der Waals surface area contributed by atoms with E-state index in [0.717, 1.165) is 6.42 Å². The molecule has 2 rings (SSSR count). The standard InChI is InChI=1S/C15H20O6/c1-18-13-10-21-14(13)9-19-6-3-7-20-12-5-2-4-11(8-12)15(16)17/h2,4-5,8,13-14H,3,6-7,9-10H2,1H3,(H,16,17). The van der Waals surface area contributed by atoms with Crippen LogP contribution in [0.3, 0.4) is 0 Å². The van der Waals surface area contributed by atoms with E-state index in [9.17, 15) is 4.79 Å². The quantitative estimate of drug-likeness (QED) is 0.697. The molecule has 6 nitrogen and oxygen atoms in total. The Labute approximate surface area is 123 Å². The van der Waals surface area contributed by atoms with Crippen molar-refractivity contribution in [3.8, 4) is 5.75 Å². The number of hydrogen-bond acceptors (Lipinski definition) is 5. The van der Waals surface area contributed by atoms with E-state index in [1.165, 1.54) is 12.1 Å². The molecular formula is C15H20O6. The number of ether oxygens (including phenoxy) is 4. The van der Waals surface area contributed by atoms with Gasteiger partial charge in [-0.25, -0.2) is 4.79 Å². The van der Waals surface area contributed by atoms with Crippen LogP contribution in [-0.4, -0.2) is 56.8 Å². The van der Waals surface area contributed by atoms with E-state index in [-0.39, 0.29) is 17.8 Å². The number of hydrogen-bond donors (Lipinski definition) is 1. The van der Waals surface area contributed by atoms with E-state index < -0.39 is 5.97 Å². The van der Waals surface area contributed by atoms with E-state index in [4.69, 9.17) is 24.1 Å². The van der Waals surface area contributed by atoms with Crippen LogP contribution in [0.2, 0.25) is 0 Å². The van der Waals surface area contributed by atoms with Crippen LogP contribution in [0, 0.1) is 0 Å². The average Bonchev–Trinajstić information content (AvgIpc) is 2.46. The summed E-state index contributed by atoms with van der Waals surface area (Å²) in [6.45, 7) is 2.19. The van der Waals surface area contributed by atoms with Crippen LogP contribution in [0.5, 0.6) is 5.75 Å². The van der Waals surface area contributed by atoms with Crippen molar-refractivity contribution in [3.05, 3.63) is 29.8 Å². The Bertz CT molecular complexity index is 459. The highest BCUT2D eigenvalue weighted by Gasteiger charge is 2.31. The molecule has 1 heterocycles. The molecule has 2 atom stereocenters. The van der Waals surface area contributed by atoms with Gasteiger partial charge in [-0.05, 0) is 18.2 Å². The van der Waals surface area contributed by atoms with Crippen molar-refractivity contribution in [1.29, 1.82) is 0 Å². The van der Waals surface area contributed by atoms with Crippen LogP contribution in [0.25, 0.3) is 0 Å². The lowest BCUT2D eigenvalue weighted by molar-refractivity contribution is -0.195. The smallest absolute Gasteiger partial charge is 0.335 e. The predicted octanol–water partition coefficient (Wildman–Crippen LogP) is 1.58. The third-order valence-corrected chi connectivity index (χ3v) is 3.26. The van der Waals surface area contributed by atoms with Gasteiger partial charge < -0.3 is 24.1 Å². The van der Waals surface area contributed by atoms with Crippen LogP contribution >= 0.6 is 0 Å². The first kappa shape index (κ1) is 15.8. The fraction of sp³-hybridized carbons (Fsp3) is 0.533. The molecule has 1 aliphatic heterocycles. The zero-order chi connectivity index (χ0) is 15.1. The van der Waals surface area contributed by atoms with Crippen LogP contribution in [-0.2, 0) is 14.2 Å². The first-order chi connectivity index (χ1) is 10.2. The molecule has 0 aromatic heterocycles. The molecule has 6 heteroatoms. The Morgan fingerprint density at radius 3 is 2.95 bits per heavy atom. The number of carboxylic acid groups (broad SMARTS) is 1. The van der Waals surface area contributed by atoms with E-state index >= 15 is 0 Å². The normalized spacial score (nSPS) is 20.8. The Morgan fingerprint density at radius 1 is 1.43 bits per heavy atom. The number of methoxy groups -OCH3 is 1. The summed E-state index contributed by atoms with van der Waals surface area (Å²) in [5.41, 5.74) is 0.219. The van der Waals surface area contributed by atoms with Crippen LogP contribution in [0.4, 0.5) is 0 Å². The second-order valence-corrected chi connectivity index (χ2v) is 4.76. The summed E-state index contributed by atoms with van der Waals surface area (Å²) in [6, 6.07) is 6.44. The van der Waals surface area contributed by atoms with E-state index in [1.54, 1.807) is 19.2 Å². The van der Waals surface area contributed by atoms with Crippen molar-refractivity contribution >= 4 is 5.97 Å². The second kappa shape index (κ2) is 7.97. The number of carboxylic acids is 1. The fourth-order valence-electron chi connectivity index (χ4n) is 1.96. The number of benzene rings is 1. The Hall–Kier alpha value is -1.63. The highest BCUT2D eigenvalue weighted by atomic mass is 16.6. The van der Waals surface area contributed by atoms with Gasteiger partial charge in [-0.3, -0.25) is 0 Å². The van der Waals surface area contributed by atoms with Gasteiger partial charge in [0.2, 0.25) is 0 Å². The van der Waals surface area contributed by atoms with Gasteiger partial charge >= 0.3 is 5.97 Å². The summed E-state index contributed by atoms with van der Waals surface area (Å²) < 4.78 is 21.5. The summed E-state index contributed by atoms with van der Waals surface area (Å²) >= 11 is 0. The summed E-state index contributed by atoms with van der Waals surface area (Å²) in [4.78, 5) is 10.8. The molecule has 1 aromatic rings. The summed E-state index contributed by atoms with van der Waals surface area (Å²) in [5, 5.41) is 8.88. The second-order valence-electron chi connectivity index (χ2n) is 4.76. The topological polar surface area (TPSA) is 74.2 Å². The third kappa shape index (κ3) is 4.70. The molecule has 0 bridgehead atoms. The molecule has 0 spiro atoms. The van der Waals surface area contributed by atoms with Crippen molar-refractivity contribution in [2.24, 2.45) is 0 Å². The fourth-order valence-corrected chi connectivity index (χ4v) is 1.96. The summed E-state index contributed by atoms with van der Waals surface area (Å²) in [5.74, 6) is -0.409. The van der Waals surface area contributed by atoms with Gasteiger partial charge in [-0.15, -0.1) is 0 Å². The lowest BCUT2D eigenvalue weighted by Crippen LogP contribution is -2.48. The molecular weight excluding hydrogens is 276 g/mol. The molecule has 2 unspecified atom stereocenters. The molecule has 1 saturated heterocycles. The average molecular weight is 296 g/mol. The van der Waals surface area contributed by atoms with Crippen molar-refractivity contribution in [2.45, 2.75) is 18.6 Å². The van der Waals surface area contributed by atoms with Crippen LogP contribution in [0.1, 0.15) is 16.8 Å². The maximum Gasteiger partial charge on any atom is 0.335 e. The van der Waals surface area contributed by atoms with Gasteiger partial charge in [0.25, 0.3) is 0 Å². The van der Waals surface area contributed by atoms with Gasteiger partial charge in [-0.2, -0.15) is 0 Å². The van der Waals surface area contributed by atoms with Crippen molar-refractivity contribution < 1.29 is 28.8 Å². The molecule has 1 aromatic carbocycles. The Morgan fingerprint density at radius 2 is 2.29 bits per heavy atom. The van der Waals surface area contributed by atoms with Crippen molar-refractivity contribution in [1.82, 2.24) is 0 Å². The summed E-state index contributed by atoms with van der Waals surface area (Å²) in [7, 11) is 1.67. The largest absolute Gasteiger partial charge is 0.493 e. The Balaban J connectivity index is 1.57. The number of carbonyl (C=O) groups is 1. The Kier molecular flexibility index (Phi) is 5.98. The minimum atomic E-state index is -0.961. The number of rotatable bonds is 9. The molecule has 21 heavy (non-hydrogen) atoms. The zero-order valence-corrected chi connectivity index (χ0v) is 12.0. The first-order valence-electron chi connectivity index (χ1n) is 6.89. The van der Waals surface area contributed by atoms with Crippen molar-refractivity contribution in [2.75, 3.05) is 33.5 Å². The molecule has 0 amide bonds. The van der Waals surface area contributed by atoms with E-state index in [2.05, 4.69) is 0 Å². The van der Waals surface area contributed by atoms with E-state index in [1.807, 2.05) is 0 Å². The molecule has 0 aliphatic carbocycles. The van der Waals surface area contributed by atoms with Gasteiger partial charge in [0.15, 0.2) is 0 Å². The maximum absolute atomic E-state index is 10.8. The lowest BCUT2D eigenvalue weighted by Gasteiger charge is -2.35. The molecule has 0 saturated carbocycles. The predicted molar refractivity (Wildman–Crippen MR) is 74.9 cm³/mol. The van der Waals surface area contributed by atoms with Crippen LogP contribution in [0.15, 0.2) is 24.3 Å². The van der Waals surface area contributed by atoms with Gasteiger partial charge in [-0.1, -0.05) is 6.07 Å². The first-order valence-corrected chi connectivity index (χ1v) is 6.89. The maximum atomic E-state index is 10.8. The van der Waals surface area contributed by atoms with Gasteiger partial charge in [0, 0.05) is 20.1 Å². The highest BCUT2D eigenvalue weighted by Crippen LogP contribution is 2.16.